The van der Waals surface area contributed by atoms with E-state index in [1.807, 2.05) is 6.07 Å². The van der Waals surface area contributed by atoms with Gasteiger partial charge in [-0.15, -0.1) is 0 Å². The number of carbonyl (C=O) groups is 1. The molecule has 51 heavy (non-hydrogen) atoms. The van der Waals surface area contributed by atoms with E-state index < -0.39 is 82.1 Å². The average molecular weight is 709 g/mol. The monoisotopic (exact) mass is 708 g/mol. The summed E-state index contributed by atoms with van der Waals surface area (Å²) in [6.07, 6.45) is -6.47. The Morgan fingerprint density at radius 2 is 1.29 bits per heavy atom. The molecule has 0 aromatic heterocycles. The van der Waals surface area contributed by atoms with E-state index in [4.69, 9.17) is 4.74 Å². The molecular formula is C38H21F9N2O2. The first-order valence-corrected chi connectivity index (χ1v) is 15.4. The second-order valence-electron chi connectivity index (χ2n) is 12.2. The molecule has 4 nitrogen and oxygen atoms in total. The third-order valence-corrected chi connectivity index (χ3v) is 9.23. The number of nitrogens with zero attached hydrogens (tertiary/aromatic N) is 2. The molecule has 0 radical (unpaired) electrons. The quantitative estimate of drug-likeness (QED) is 0.135. The molecule has 0 unspecified atom stereocenters. The number of halogens is 9. The Hall–Kier alpha value is -5.77. The van der Waals surface area contributed by atoms with Crippen LogP contribution in [-0.4, -0.2) is 17.0 Å². The highest BCUT2D eigenvalue weighted by atomic mass is 19.4. The molecule has 13 heteroatoms. The van der Waals surface area contributed by atoms with Crippen molar-refractivity contribution < 1.29 is 49.0 Å². The lowest BCUT2D eigenvalue weighted by atomic mass is 9.91. The summed E-state index contributed by atoms with van der Waals surface area (Å²) in [5.74, 6) is -9.74. The van der Waals surface area contributed by atoms with Crippen molar-refractivity contribution in [2.45, 2.75) is 37.2 Å². The summed E-state index contributed by atoms with van der Waals surface area (Å²) in [6.45, 7) is 0. The molecule has 2 aliphatic heterocycles. The van der Waals surface area contributed by atoms with Gasteiger partial charge >= 0.3 is 12.3 Å². The predicted molar refractivity (Wildman–Crippen MR) is 165 cm³/mol. The summed E-state index contributed by atoms with van der Waals surface area (Å²) in [5.41, 5.74) is -0.950. The van der Waals surface area contributed by atoms with E-state index >= 15 is 8.78 Å². The Balaban J connectivity index is 1.35. The minimum Gasteiger partial charge on any atom is -0.439 e. The molecule has 5 aromatic rings. The summed E-state index contributed by atoms with van der Waals surface area (Å²) in [4.78, 5) is 14.8. The fraction of sp³-hybridized carbons (Fsp3) is 0.158. The lowest BCUT2D eigenvalue weighted by molar-refractivity contribution is -0.137. The first kappa shape index (κ1) is 33.7. The van der Waals surface area contributed by atoms with Gasteiger partial charge in [0, 0.05) is 11.1 Å². The Morgan fingerprint density at radius 1 is 0.686 bits per heavy atom. The largest absolute Gasteiger partial charge is 0.439 e. The van der Waals surface area contributed by atoms with Gasteiger partial charge in [-0.3, -0.25) is 4.90 Å². The first-order chi connectivity index (χ1) is 24.3. The fourth-order valence-electron chi connectivity index (χ4n) is 6.90. The zero-order valence-corrected chi connectivity index (χ0v) is 25.8. The minimum atomic E-state index is -4.73. The zero-order chi connectivity index (χ0) is 36.4. The number of benzene rings is 5. The topological polar surface area (TPSA) is 53.3 Å². The molecule has 258 valence electrons. The first-order valence-electron chi connectivity index (χ1n) is 15.4. The number of ether oxygens (including phenoxy) is 1. The number of fused-ring (bicyclic) bond motifs is 1. The third-order valence-electron chi connectivity index (χ3n) is 9.23. The SMILES string of the molecule is N#Cc1cccc(-c2ccc(C(F)(F)F)cc2[C@@H]2CC[C@H]3[C@@H](c4cc(-c5ccc(F)c(F)c5F)cc(-c5ccc(F)c(F)c5F)c4)OC(=O)N23)c1. The van der Waals surface area contributed by atoms with E-state index in [9.17, 15) is 40.8 Å². The number of alkyl halides is 3. The van der Waals surface area contributed by atoms with Gasteiger partial charge in [-0.05, 0) is 113 Å². The molecule has 0 aliphatic carbocycles. The highest BCUT2D eigenvalue weighted by Gasteiger charge is 2.51. The van der Waals surface area contributed by atoms with E-state index in [1.165, 1.54) is 35.2 Å². The molecule has 7 rings (SSSR count). The molecule has 2 aliphatic rings. The van der Waals surface area contributed by atoms with Crippen LogP contribution in [0.2, 0.25) is 0 Å². The van der Waals surface area contributed by atoms with Crippen LogP contribution in [0.5, 0.6) is 0 Å². The van der Waals surface area contributed by atoms with Crippen molar-refractivity contribution >= 4 is 6.09 Å². The van der Waals surface area contributed by atoms with Crippen molar-refractivity contribution in [3.05, 3.63) is 142 Å². The van der Waals surface area contributed by atoms with Gasteiger partial charge in [-0.2, -0.15) is 18.4 Å². The van der Waals surface area contributed by atoms with Gasteiger partial charge in [-0.25, -0.2) is 31.1 Å². The van der Waals surface area contributed by atoms with Gasteiger partial charge in [0.2, 0.25) is 0 Å². The third kappa shape index (κ3) is 5.84. The number of hydrogen-bond donors (Lipinski definition) is 0. The maximum absolute atomic E-state index is 15.1. The Labute approximate surface area is 283 Å². The molecule has 5 aromatic carbocycles. The molecule has 2 heterocycles. The normalized spacial score (nSPS) is 18.5. The second-order valence-corrected chi connectivity index (χ2v) is 12.2. The van der Waals surface area contributed by atoms with E-state index in [2.05, 4.69) is 0 Å². The molecule has 0 bridgehead atoms. The number of rotatable bonds is 5. The highest BCUT2D eigenvalue weighted by Crippen LogP contribution is 2.51. The van der Waals surface area contributed by atoms with Crippen molar-refractivity contribution in [3.8, 4) is 39.4 Å². The predicted octanol–water partition coefficient (Wildman–Crippen LogP) is 10.8. The van der Waals surface area contributed by atoms with Gasteiger partial charge in [0.25, 0.3) is 0 Å². The van der Waals surface area contributed by atoms with Crippen LogP contribution in [0.1, 0.15) is 47.2 Å². The fourth-order valence-corrected chi connectivity index (χ4v) is 6.90. The van der Waals surface area contributed by atoms with Crippen molar-refractivity contribution in [3.63, 3.8) is 0 Å². The molecule has 0 spiro atoms. The number of nitriles is 1. The zero-order valence-electron chi connectivity index (χ0n) is 25.8. The van der Waals surface area contributed by atoms with Crippen LogP contribution in [0.4, 0.5) is 44.3 Å². The van der Waals surface area contributed by atoms with Gasteiger partial charge in [-0.1, -0.05) is 18.2 Å². The average Bonchev–Trinajstić information content (AvgIpc) is 3.70. The lowest BCUT2D eigenvalue weighted by Crippen LogP contribution is -2.31. The number of amides is 1. The Bertz CT molecular complexity index is 2210. The van der Waals surface area contributed by atoms with Crippen molar-refractivity contribution in [2.24, 2.45) is 0 Å². The molecule has 0 N–H and O–H groups in total. The maximum Gasteiger partial charge on any atom is 0.416 e. The lowest BCUT2D eigenvalue weighted by Gasteiger charge is -2.26. The van der Waals surface area contributed by atoms with Crippen LogP contribution in [0, 0.1) is 46.2 Å². The van der Waals surface area contributed by atoms with Crippen LogP contribution in [0.25, 0.3) is 33.4 Å². The van der Waals surface area contributed by atoms with Crippen molar-refractivity contribution in [1.29, 1.82) is 5.26 Å². The van der Waals surface area contributed by atoms with E-state index in [1.54, 1.807) is 12.1 Å². The van der Waals surface area contributed by atoms with Crippen LogP contribution in [-0.2, 0) is 10.9 Å². The molecular weight excluding hydrogens is 687 g/mol. The van der Waals surface area contributed by atoms with Crippen molar-refractivity contribution in [1.82, 2.24) is 4.90 Å². The molecule has 2 fully saturated rings. The van der Waals surface area contributed by atoms with Gasteiger partial charge in [0.05, 0.1) is 29.3 Å². The number of carbonyl (C=O) groups excluding carboxylic acids is 1. The standard InChI is InChI=1S/C38H21F9N2O2/c39-28-8-6-25(32(41)34(28)43)20-13-21(26-7-9-29(40)35(44)33(26)42)15-22(14-20)36-31-11-10-30(49(31)37(50)51-36)27-16-23(38(45,46)47)4-5-24(27)19-3-1-2-18(12-19)17-48/h1-9,12-16,30-31,36H,10-11H2/t30-,31-,36+/m0/s1. The maximum atomic E-state index is 15.1. The summed E-state index contributed by atoms with van der Waals surface area (Å²) >= 11 is 0. The highest BCUT2D eigenvalue weighted by molar-refractivity contribution is 5.78. The minimum absolute atomic E-state index is 0.0863. The van der Waals surface area contributed by atoms with Crippen LogP contribution in [0.15, 0.2) is 84.9 Å². The van der Waals surface area contributed by atoms with E-state index in [0.717, 1.165) is 30.3 Å². The Morgan fingerprint density at radius 3 is 1.88 bits per heavy atom. The molecule has 2 saturated heterocycles. The van der Waals surface area contributed by atoms with Crippen molar-refractivity contribution in [2.75, 3.05) is 0 Å². The number of hydrogen-bond acceptors (Lipinski definition) is 3. The summed E-state index contributed by atoms with van der Waals surface area (Å²) in [5, 5.41) is 9.42. The van der Waals surface area contributed by atoms with Crippen LogP contribution < -0.4 is 0 Å². The van der Waals surface area contributed by atoms with Crippen LogP contribution in [0.3, 0.4) is 0 Å². The second kappa shape index (κ2) is 12.5. The van der Waals surface area contributed by atoms with Gasteiger partial charge in [0.15, 0.2) is 34.9 Å². The summed E-state index contributed by atoms with van der Waals surface area (Å²) in [6, 6.07) is 16.4. The van der Waals surface area contributed by atoms with Gasteiger partial charge < -0.3 is 4.74 Å². The summed E-state index contributed by atoms with van der Waals surface area (Å²) < 4.78 is 134. The van der Waals surface area contributed by atoms with Gasteiger partial charge in [0.1, 0.15) is 6.10 Å². The summed E-state index contributed by atoms with van der Waals surface area (Å²) in [7, 11) is 0. The number of cyclic esters (lactones) is 1. The molecule has 0 saturated carbocycles. The van der Waals surface area contributed by atoms with E-state index in [-0.39, 0.29) is 40.7 Å². The Kier molecular flexibility index (Phi) is 8.28. The molecule has 1 amide bonds. The van der Waals surface area contributed by atoms with Crippen LogP contribution >= 0.6 is 0 Å². The van der Waals surface area contributed by atoms with E-state index in [0.29, 0.717) is 23.3 Å². The molecule has 3 atom stereocenters. The smallest absolute Gasteiger partial charge is 0.416 e.